The highest BCUT2D eigenvalue weighted by molar-refractivity contribution is 5.38. The third kappa shape index (κ3) is 3.21. The SMILES string of the molecule is Cc1ccc(C#CC(N)c2ccccc2)cc1. The Balaban J connectivity index is 2.14. The van der Waals surface area contributed by atoms with Crippen molar-refractivity contribution < 1.29 is 0 Å². The van der Waals surface area contributed by atoms with Crippen molar-refractivity contribution in [3.05, 3.63) is 71.3 Å². The van der Waals surface area contributed by atoms with E-state index in [0.29, 0.717) is 0 Å². The van der Waals surface area contributed by atoms with E-state index in [0.717, 1.165) is 11.1 Å². The summed E-state index contributed by atoms with van der Waals surface area (Å²) in [6.45, 7) is 2.06. The molecule has 0 saturated carbocycles. The molecule has 17 heavy (non-hydrogen) atoms. The summed E-state index contributed by atoms with van der Waals surface area (Å²) in [5.41, 5.74) is 9.29. The van der Waals surface area contributed by atoms with Crippen molar-refractivity contribution >= 4 is 0 Å². The largest absolute Gasteiger partial charge is 0.314 e. The molecule has 0 amide bonds. The lowest BCUT2D eigenvalue weighted by molar-refractivity contribution is 0.945. The smallest absolute Gasteiger partial charge is 0.0924 e. The minimum absolute atomic E-state index is 0.225. The van der Waals surface area contributed by atoms with Crippen molar-refractivity contribution in [3.63, 3.8) is 0 Å². The summed E-state index contributed by atoms with van der Waals surface area (Å²) in [5.74, 6) is 6.16. The topological polar surface area (TPSA) is 26.0 Å². The van der Waals surface area contributed by atoms with Crippen molar-refractivity contribution in [2.24, 2.45) is 5.73 Å². The van der Waals surface area contributed by atoms with Crippen LogP contribution in [0.1, 0.15) is 22.7 Å². The van der Waals surface area contributed by atoms with E-state index in [1.807, 2.05) is 42.5 Å². The first-order chi connectivity index (χ1) is 8.25. The second-order valence-electron chi connectivity index (χ2n) is 4.02. The van der Waals surface area contributed by atoms with E-state index in [9.17, 15) is 0 Å². The summed E-state index contributed by atoms with van der Waals surface area (Å²) in [4.78, 5) is 0. The molecule has 0 aliphatic rings. The number of hydrogen-bond donors (Lipinski definition) is 1. The zero-order valence-corrected chi connectivity index (χ0v) is 9.85. The summed E-state index contributed by atoms with van der Waals surface area (Å²) < 4.78 is 0. The number of rotatable bonds is 1. The van der Waals surface area contributed by atoms with Gasteiger partial charge < -0.3 is 5.73 Å². The Morgan fingerprint density at radius 1 is 0.941 bits per heavy atom. The molecule has 1 unspecified atom stereocenters. The maximum Gasteiger partial charge on any atom is 0.0924 e. The van der Waals surface area contributed by atoms with Crippen molar-refractivity contribution in [1.29, 1.82) is 0 Å². The molecule has 2 aromatic carbocycles. The fourth-order valence-corrected chi connectivity index (χ4v) is 1.54. The predicted octanol–water partition coefficient (Wildman–Crippen LogP) is 3.05. The second kappa shape index (κ2) is 5.34. The van der Waals surface area contributed by atoms with Gasteiger partial charge in [0.05, 0.1) is 6.04 Å². The average Bonchev–Trinajstić information content (AvgIpc) is 2.39. The third-order valence-corrected chi connectivity index (χ3v) is 2.58. The summed E-state index contributed by atoms with van der Waals surface area (Å²) in [6, 6.07) is 17.8. The van der Waals surface area contributed by atoms with E-state index in [2.05, 4.69) is 30.9 Å². The fraction of sp³-hybridized carbons (Fsp3) is 0.125. The lowest BCUT2D eigenvalue weighted by Gasteiger charge is -2.02. The molecule has 1 heteroatoms. The Labute approximate surface area is 102 Å². The van der Waals surface area contributed by atoms with Gasteiger partial charge in [-0.1, -0.05) is 59.9 Å². The first-order valence-electron chi connectivity index (χ1n) is 5.64. The van der Waals surface area contributed by atoms with Gasteiger partial charge >= 0.3 is 0 Å². The summed E-state index contributed by atoms with van der Waals surface area (Å²) in [7, 11) is 0. The molecule has 0 aliphatic carbocycles. The van der Waals surface area contributed by atoms with Gasteiger partial charge in [0, 0.05) is 5.56 Å². The van der Waals surface area contributed by atoms with Crippen molar-refractivity contribution in [3.8, 4) is 11.8 Å². The highest BCUT2D eigenvalue weighted by Crippen LogP contribution is 2.08. The normalized spacial score (nSPS) is 11.4. The van der Waals surface area contributed by atoms with E-state index >= 15 is 0 Å². The number of benzene rings is 2. The molecule has 1 nitrogen and oxygen atoms in total. The standard InChI is InChI=1S/C16H15N/c1-13-7-9-14(10-8-13)11-12-16(17)15-5-3-2-4-6-15/h2-10,16H,17H2,1H3. The maximum atomic E-state index is 6.00. The number of aryl methyl sites for hydroxylation is 1. The maximum absolute atomic E-state index is 6.00. The van der Waals surface area contributed by atoms with Gasteiger partial charge in [0.2, 0.25) is 0 Å². The minimum Gasteiger partial charge on any atom is -0.314 e. The van der Waals surface area contributed by atoms with E-state index < -0.39 is 0 Å². The predicted molar refractivity (Wildman–Crippen MR) is 71.4 cm³/mol. The Morgan fingerprint density at radius 3 is 2.24 bits per heavy atom. The van der Waals surface area contributed by atoms with Gasteiger partial charge in [0.15, 0.2) is 0 Å². The molecular weight excluding hydrogens is 206 g/mol. The lowest BCUT2D eigenvalue weighted by Crippen LogP contribution is -2.06. The molecule has 0 fully saturated rings. The van der Waals surface area contributed by atoms with Crippen molar-refractivity contribution in [1.82, 2.24) is 0 Å². The van der Waals surface area contributed by atoms with Gasteiger partial charge in [-0.15, -0.1) is 0 Å². The molecule has 0 aromatic heterocycles. The molecule has 2 aromatic rings. The van der Waals surface area contributed by atoms with E-state index in [4.69, 9.17) is 5.73 Å². The van der Waals surface area contributed by atoms with Crippen LogP contribution in [0.2, 0.25) is 0 Å². The minimum atomic E-state index is -0.225. The third-order valence-electron chi connectivity index (χ3n) is 2.58. The van der Waals surface area contributed by atoms with Gasteiger partial charge in [-0.3, -0.25) is 0 Å². The molecule has 0 saturated heterocycles. The molecular formula is C16H15N. The highest BCUT2D eigenvalue weighted by Gasteiger charge is 1.99. The first kappa shape index (κ1) is 11.4. The first-order valence-corrected chi connectivity index (χ1v) is 5.64. The number of hydrogen-bond acceptors (Lipinski definition) is 1. The summed E-state index contributed by atoms with van der Waals surface area (Å²) in [6.07, 6.45) is 0. The van der Waals surface area contributed by atoms with Gasteiger partial charge in [-0.2, -0.15) is 0 Å². The van der Waals surface area contributed by atoms with Crippen LogP contribution in [-0.4, -0.2) is 0 Å². The van der Waals surface area contributed by atoms with Gasteiger partial charge in [0.25, 0.3) is 0 Å². The van der Waals surface area contributed by atoms with Crippen molar-refractivity contribution in [2.75, 3.05) is 0 Å². The molecule has 2 rings (SSSR count). The summed E-state index contributed by atoms with van der Waals surface area (Å²) >= 11 is 0. The Bertz CT molecular complexity index is 529. The quantitative estimate of drug-likeness (QED) is 0.736. The van der Waals surface area contributed by atoms with Crippen LogP contribution in [-0.2, 0) is 0 Å². The van der Waals surface area contributed by atoms with Crippen LogP contribution >= 0.6 is 0 Å². The monoisotopic (exact) mass is 221 g/mol. The van der Waals surface area contributed by atoms with Crippen molar-refractivity contribution in [2.45, 2.75) is 13.0 Å². The van der Waals surface area contributed by atoms with Crippen LogP contribution < -0.4 is 5.73 Å². The zero-order chi connectivity index (χ0) is 12.1. The fourth-order valence-electron chi connectivity index (χ4n) is 1.54. The van der Waals surface area contributed by atoms with Crippen LogP contribution in [0.5, 0.6) is 0 Å². The molecule has 0 aliphatic heterocycles. The summed E-state index contributed by atoms with van der Waals surface area (Å²) in [5, 5.41) is 0. The van der Waals surface area contributed by atoms with E-state index in [-0.39, 0.29) is 6.04 Å². The van der Waals surface area contributed by atoms with E-state index in [1.54, 1.807) is 0 Å². The molecule has 1 atom stereocenters. The Kier molecular flexibility index (Phi) is 3.59. The van der Waals surface area contributed by atoms with Crippen LogP contribution in [0.4, 0.5) is 0 Å². The molecule has 0 heterocycles. The van der Waals surface area contributed by atoms with Gasteiger partial charge in [-0.25, -0.2) is 0 Å². The van der Waals surface area contributed by atoms with Crippen LogP contribution in [0, 0.1) is 18.8 Å². The molecule has 0 spiro atoms. The Hall–Kier alpha value is -2.04. The molecule has 84 valence electrons. The van der Waals surface area contributed by atoms with Gasteiger partial charge in [0.1, 0.15) is 0 Å². The van der Waals surface area contributed by atoms with Gasteiger partial charge in [-0.05, 0) is 24.6 Å². The van der Waals surface area contributed by atoms with E-state index in [1.165, 1.54) is 5.56 Å². The number of nitrogens with two attached hydrogens (primary N) is 1. The zero-order valence-electron chi connectivity index (χ0n) is 9.85. The average molecular weight is 221 g/mol. The molecule has 0 radical (unpaired) electrons. The molecule has 2 N–H and O–H groups in total. The van der Waals surface area contributed by atoms with Crippen LogP contribution in [0.3, 0.4) is 0 Å². The Morgan fingerprint density at radius 2 is 1.59 bits per heavy atom. The van der Waals surface area contributed by atoms with Crippen LogP contribution in [0.25, 0.3) is 0 Å². The van der Waals surface area contributed by atoms with Crippen LogP contribution in [0.15, 0.2) is 54.6 Å². The lowest BCUT2D eigenvalue weighted by atomic mass is 10.1. The second-order valence-corrected chi connectivity index (χ2v) is 4.02. The molecule has 0 bridgehead atoms. The highest BCUT2D eigenvalue weighted by atomic mass is 14.6.